The molecule has 2 rings (SSSR count). The van der Waals surface area contributed by atoms with E-state index in [4.69, 9.17) is 4.74 Å². The maximum absolute atomic E-state index is 12.9. The molecule has 1 saturated heterocycles. The van der Waals surface area contributed by atoms with Crippen molar-refractivity contribution < 1.29 is 22.7 Å². The molecule has 1 aromatic heterocycles. The number of thiophene rings is 1. The first-order valence-corrected chi connectivity index (χ1v) is 12.7. The molecular weight excluding hydrogens is 426 g/mol. The van der Waals surface area contributed by atoms with Crippen molar-refractivity contribution in [2.75, 3.05) is 26.2 Å². The van der Waals surface area contributed by atoms with Crippen molar-refractivity contribution in [2.24, 2.45) is 11.8 Å². The maximum Gasteiger partial charge on any atom is 0.407 e. The van der Waals surface area contributed by atoms with E-state index in [0.29, 0.717) is 35.9 Å². The molecule has 0 aromatic carbocycles. The predicted molar refractivity (Wildman–Crippen MR) is 117 cm³/mol. The Morgan fingerprint density at radius 3 is 2.67 bits per heavy atom. The van der Waals surface area contributed by atoms with Gasteiger partial charge in [0.25, 0.3) is 10.0 Å². The van der Waals surface area contributed by atoms with Crippen molar-refractivity contribution in [3.05, 3.63) is 17.0 Å². The summed E-state index contributed by atoms with van der Waals surface area (Å²) < 4.78 is 32.4. The summed E-state index contributed by atoms with van der Waals surface area (Å²) in [7, 11) is -3.58. The third kappa shape index (κ3) is 6.95. The maximum atomic E-state index is 12.9. The topological polar surface area (TPSA) is 105 Å². The molecule has 10 heteroatoms. The number of amides is 2. The van der Waals surface area contributed by atoms with Crippen molar-refractivity contribution >= 4 is 33.4 Å². The number of piperidine rings is 1. The van der Waals surface area contributed by atoms with Crippen molar-refractivity contribution in [2.45, 2.75) is 57.2 Å². The molecular formula is C20H33N3O5S2. The van der Waals surface area contributed by atoms with Crippen LogP contribution in [0.3, 0.4) is 0 Å². The van der Waals surface area contributed by atoms with Gasteiger partial charge in [-0.2, -0.15) is 4.31 Å². The van der Waals surface area contributed by atoms with Crippen LogP contribution < -0.4 is 10.6 Å². The molecule has 2 unspecified atom stereocenters. The SMILES string of the molecule is CCOC(=O)NC(CNC(=O)C1CCCN(S(=O)(=O)c2ccc(C)s2)C1)CC(C)C. The number of nitrogens with zero attached hydrogens (tertiary/aromatic N) is 1. The van der Waals surface area contributed by atoms with Gasteiger partial charge in [0.15, 0.2) is 0 Å². The number of alkyl carbamates (subject to hydrolysis) is 1. The second kappa shape index (κ2) is 11.1. The first-order chi connectivity index (χ1) is 14.1. The van der Waals surface area contributed by atoms with E-state index in [1.54, 1.807) is 19.1 Å². The lowest BCUT2D eigenvalue weighted by Crippen LogP contribution is -2.49. The van der Waals surface area contributed by atoms with Crippen LogP contribution >= 0.6 is 11.3 Å². The van der Waals surface area contributed by atoms with Crippen LogP contribution in [0.5, 0.6) is 0 Å². The Balaban J connectivity index is 1.96. The number of aryl methyl sites for hydroxylation is 1. The van der Waals surface area contributed by atoms with Gasteiger partial charge in [-0.25, -0.2) is 13.2 Å². The minimum Gasteiger partial charge on any atom is -0.450 e. The molecule has 170 valence electrons. The standard InChI is InChI=1S/C20H33N3O5S2/c1-5-28-20(25)22-17(11-14(2)3)12-21-19(24)16-7-6-10-23(13-16)30(26,27)18-9-8-15(4)29-18/h8-9,14,16-17H,5-7,10-13H2,1-4H3,(H,21,24)(H,22,25). The molecule has 1 aliphatic heterocycles. The van der Waals surface area contributed by atoms with Crippen LogP contribution in [0, 0.1) is 18.8 Å². The van der Waals surface area contributed by atoms with Crippen molar-refractivity contribution in [3.63, 3.8) is 0 Å². The number of carbonyl (C=O) groups excluding carboxylic acids is 2. The van der Waals surface area contributed by atoms with E-state index in [1.807, 2.05) is 20.8 Å². The smallest absolute Gasteiger partial charge is 0.407 e. The van der Waals surface area contributed by atoms with Crippen LogP contribution in [0.25, 0.3) is 0 Å². The molecule has 30 heavy (non-hydrogen) atoms. The van der Waals surface area contributed by atoms with Crippen molar-refractivity contribution in [3.8, 4) is 0 Å². The summed E-state index contributed by atoms with van der Waals surface area (Å²) in [5.41, 5.74) is 0. The number of ether oxygens (including phenoxy) is 1. The normalized spacial score (nSPS) is 18.8. The predicted octanol–water partition coefficient (Wildman–Crippen LogP) is 2.73. The highest BCUT2D eigenvalue weighted by Gasteiger charge is 2.34. The summed E-state index contributed by atoms with van der Waals surface area (Å²) in [5.74, 6) is -0.257. The average Bonchev–Trinajstić information content (AvgIpc) is 3.13. The summed E-state index contributed by atoms with van der Waals surface area (Å²) in [4.78, 5) is 25.4. The van der Waals surface area contributed by atoms with Gasteiger partial charge in [-0.3, -0.25) is 4.79 Å². The number of hydrogen-bond acceptors (Lipinski definition) is 6. The average molecular weight is 460 g/mol. The first-order valence-electron chi connectivity index (χ1n) is 10.4. The molecule has 1 fully saturated rings. The summed E-state index contributed by atoms with van der Waals surface area (Å²) in [6, 6.07) is 3.17. The minimum absolute atomic E-state index is 0.172. The van der Waals surface area contributed by atoms with E-state index in [1.165, 1.54) is 15.6 Å². The molecule has 8 nitrogen and oxygen atoms in total. The fourth-order valence-electron chi connectivity index (χ4n) is 3.52. The Labute approximate surface area is 183 Å². The van der Waals surface area contributed by atoms with E-state index in [0.717, 1.165) is 4.88 Å². The molecule has 1 aliphatic rings. The van der Waals surface area contributed by atoms with Gasteiger partial charge < -0.3 is 15.4 Å². The number of hydrogen-bond donors (Lipinski definition) is 2. The highest BCUT2D eigenvalue weighted by atomic mass is 32.2. The lowest BCUT2D eigenvalue weighted by atomic mass is 9.98. The summed E-state index contributed by atoms with van der Waals surface area (Å²) >= 11 is 1.25. The molecule has 0 aliphatic carbocycles. The van der Waals surface area contributed by atoms with Crippen LogP contribution in [0.15, 0.2) is 16.3 Å². The van der Waals surface area contributed by atoms with E-state index in [2.05, 4.69) is 10.6 Å². The van der Waals surface area contributed by atoms with Crippen LogP contribution in [-0.2, 0) is 19.6 Å². The van der Waals surface area contributed by atoms with Gasteiger partial charge in [0.2, 0.25) is 5.91 Å². The fourth-order valence-corrected chi connectivity index (χ4v) is 6.48. The molecule has 0 saturated carbocycles. The van der Waals surface area contributed by atoms with Gasteiger partial charge in [0.1, 0.15) is 4.21 Å². The first kappa shape index (κ1) is 24.6. The monoisotopic (exact) mass is 459 g/mol. The van der Waals surface area contributed by atoms with E-state index < -0.39 is 22.0 Å². The summed E-state index contributed by atoms with van der Waals surface area (Å²) in [6.07, 6.45) is 1.47. The second-order valence-corrected chi connectivity index (χ2v) is 11.5. The van der Waals surface area contributed by atoms with Gasteiger partial charge in [-0.15, -0.1) is 11.3 Å². The molecule has 0 radical (unpaired) electrons. The molecule has 0 spiro atoms. The van der Waals surface area contributed by atoms with Gasteiger partial charge in [-0.05, 0) is 51.2 Å². The molecule has 0 bridgehead atoms. The quantitative estimate of drug-likeness (QED) is 0.591. The van der Waals surface area contributed by atoms with Crippen molar-refractivity contribution in [1.82, 2.24) is 14.9 Å². The molecule has 1 aromatic rings. The largest absolute Gasteiger partial charge is 0.450 e. The van der Waals surface area contributed by atoms with Crippen LogP contribution in [0.1, 0.15) is 44.9 Å². The molecule has 2 N–H and O–H groups in total. The van der Waals surface area contributed by atoms with Crippen molar-refractivity contribution in [1.29, 1.82) is 0 Å². The zero-order chi connectivity index (χ0) is 22.3. The lowest BCUT2D eigenvalue weighted by molar-refractivity contribution is -0.126. The van der Waals surface area contributed by atoms with Gasteiger partial charge in [-0.1, -0.05) is 13.8 Å². The summed E-state index contributed by atoms with van der Waals surface area (Å²) in [5, 5.41) is 5.68. The zero-order valence-electron chi connectivity index (χ0n) is 18.1. The Hall–Kier alpha value is -1.65. The second-order valence-electron chi connectivity index (χ2n) is 8.00. The summed E-state index contributed by atoms with van der Waals surface area (Å²) in [6.45, 7) is 8.84. The Morgan fingerprint density at radius 2 is 2.07 bits per heavy atom. The lowest BCUT2D eigenvalue weighted by Gasteiger charge is -2.31. The third-order valence-corrected chi connectivity index (χ3v) is 8.27. The third-order valence-electron chi connectivity index (χ3n) is 4.94. The minimum atomic E-state index is -3.58. The Bertz CT molecular complexity index is 822. The molecule has 2 atom stereocenters. The number of carbonyl (C=O) groups is 2. The van der Waals surface area contributed by atoms with E-state index in [-0.39, 0.29) is 31.6 Å². The van der Waals surface area contributed by atoms with Gasteiger partial charge in [0, 0.05) is 30.6 Å². The van der Waals surface area contributed by atoms with E-state index in [9.17, 15) is 18.0 Å². The van der Waals surface area contributed by atoms with Crippen LogP contribution in [0.2, 0.25) is 0 Å². The molecule has 2 heterocycles. The van der Waals surface area contributed by atoms with Crippen LogP contribution in [0.4, 0.5) is 4.79 Å². The zero-order valence-corrected chi connectivity index (χ0v) is 19.8. The fraction of sp³-hybridized carbons (Fsp3) is 0.700. The Morgan fingerprint density at radius 1 is 1.33 bits per heavy atom. The Kier molecular flexibility index (Phi) is 9.11. The highest BCUT2D eigenvalue weighted by molar-refractivity contribution is 7.91. The van der Waals surface area contributed by atoms with Gasteiger partial charge >= 0.3 is 6.09 Å². The highest BCUT2D eigenvalue weighted by Crippen LogP contribution is 2.28. The number of nitrogens with one attached hydrogen (secondary N) is 2. The van der Waals surface area contributed by atoms with Gasteiger partial charge in [0.05, 0.1) is 12.5 Å². The molecule has 2 amide bonds. The number of sulfonamides is 1. The number of rotatable bonds is 9. The van der Waals surface area contributed by atoms with E-state index >= 15 is 0 Å². The van der Waals surface area contributed by atoms with Crippen LogP contribution in [-0.4, -0.2) is 57.0 Å².